The summed E-state index contributed by atoms with van der Waals surface area (Å²) in [5.41, 5.74) is 1.75. The molecular formula is C23H29N5O4. The Morgan fingerprint density at radius 2 is 2.25 bits per heavy atom. The summed E-state index contributed by atoms with van der Waals surface area (Å²) < 4.78 is 14.1. The molecular weight excluding hydrogens is 410 g/mol. The molecule has 1 fully saturated rings. The van der Waals surface area contributed by atoms with Gasteiger partial charge in [0, 0.05) is 39.1 Å². The fraction of sp³-hybridized carbons (Fsp3) is 0.478. The quantitative estimate of drug-likeness (QED) is 0.411. The van der Waals surface area contributed by atoms with E-state index in [4.69, 9.17) is 14.9 Å². The molecule has 4 heterocycles. The molecule has 1 amide bonds. The Labute approximate surface area is 185 Å². The van der Waals surface area contributed by atoms with Crippen molar-refractivity contribution in [2.45, 2.75) is 45.8 Å². The SMILES string of the molecule is CCOCCCn1c(=N)c(C(=O)NC[C@@H]2CCCO2)cc2c(=O)n3cc(C)ccc3nc21. The van der Waals surface area contributed by atoms with Crippen molar-refractivity contribution in [3.63, 3.8) is 0 Å². The molecule has 0 spiro atoms. The van der Waals surface area contributed by atoms with Crippen molar-refractivity contribution in [3.05, 3.63) is 51.4 Å². The van der Waals surface area contributed by atoms with Crippen LogP contribution in [-0.2, 0) is 16.0 Å². The van der Waals surface area contributed by atoms with Gasteiger partial charge < -0.3 is 19.4 Å². The first kappa shape index (κ1) is 22.2. The predicted molar refractivity (Wildman–Crippen MR) is 120 cm³/mol. The lowest BCUT2D eigenvalue weighted by atomic mass is 10.1. The third-order valence-corrected chi connectivity index (χ3v) is 5.69. The first-order valence-electron chi connectivity index (χ1n) is 11.1. The maximum Gasteiger partial charge on any atom is 0.267 e. The molecule has 3 aromatic rings. The van der Waals surface area contributed by atoms with Gasteiger partial charge >= 0.3 is 0 Å². The first-order valence-corrected chi connectivity index (χ1v) is 11.1. The van der Waals surface area contributed by atoms with E-state index >= 15 is 0 Å². The van der Waals surface area contributed by atoms with Crippen LogP contribution in [0.25, 0.3) is 16.7 Å². The van der Waals surface area contributed by atoms with Crippen molar-refractivity contribution in [3.8, 4) is 0 Å². The molecule has 9 heteroatoms. The van der Waals surface area contributed by atoms with Gasteiger partial charge in [-0.25, -0.2) is 4.98 Å². The lowest BCUT2D eigenvalue weighted by Gasteiger charge is -2.16. The topological polar surface area (TPSA) is 111 Å². The van der Waals surface area contributed by atoms with Crippen LogP contribution >= 0.6 is 0 Å². The van der Waals surface area contributed by atoms with E-state index in [2.05, 4.69) is 10.3 Å². The summed E-state index contributed by atoms with van der Waals surface area (Å²) >= 11 is 0. The van der Waals surface area contributed by atoms with Crippen molar-refractivity contribution in [2.24, 2.45) is 0 Å². The highest BCUT2D eigenvalue weighted by Gasteiger charge is 2.20. The number of hydrogen-bond acceptors (Lipinski definition) is 6. The normalized spacial score (nSPS) is 16.1. The Bertz CT molecular complexity index is 1260. The van der Waals surface area contributed by atoms with Gasteiger partial charge in [-0.2, -0.15) is 0 Å². The third kappa shape index (κ3) is 4.44. The monoisotopic (exact) mass is 439 g/mol. The lowest BCUT2D eigenvalue weighted by molar-refractivity contribution is 0.0855. The van der Waals surface area contributed by atoms with Crippen LogP contribution in [0, 0.1) is 12.3 Å². The maximum absolute atomic E-state index is 13.3. The van der Waals surface area contributed by atoms with Crippen molar-refractivity contribution >= 4 is 22.6 Å². The van der Waals surface area contributed by atoms with Gasteiger partial charge in [-0.3, -0.25) is 19.4 Å². The molecule has 32 heavy (non-hydrogen) atoms. The fourth-order valence-corrected chi connectivity index (χ4v) is 4.01. The highest BCUT2D eigenvalue weighted by molar-refractivity contribution is 5.96. The Morgan fingerprint density at radius 1 is 1.41 bits per heavy atom. The number of hydrogen-bond donors (Lipinski definition) is 2. The number of pyridine rings is 2. The molecule has 3 aromatic heterocycles. The Kier molecular flexibility index (Phi) is 6.66. The van der Waals surface area contributed by atoms with E-state index in [9.17, 15) is 9.59 Å². The van der Waals surface area contributed by atoms with Crippen LogP contribution in [0.2, 0.25) is 0 Å². The Morgan fingerprint density at radius 3 is 3.00 bits per heavy atom. The number of carbonyl (C=O) groups is 1. The molecule has 1 aliphatic heterocycles. The molecule has 2 N–H and O–H groups in total. The predicted octanol–water partition coefficient (Wildman–Crippen LogP) is 1.77. The summed E-state index contributed by atoms with van der Waals surface area (Å²) in [6, 6.07) is 5.17. The lowest BCUT2D eigenvalue weighted by Crippen LogP contribution is -2.38. The number of nitrogens with zero attached hydrogens (tertiary/aromatic N) is 3. The van der Waals surface area contributed by atoms with E-state index in [1.165, 1.54) is 10.5 Å². The zero-order valence-corrected chi connectivity index (χ0v) is 18.5. The molecule has 0 aromatic carbocycles. The molecule has 0 unspecified atom stereocenters. The number of amides is 1. The summed E-state index contributed by atoms with van der Waals surface area (Å²) in [5, 5.41) is 11.9. The van der Waals surface area contributed by atoms with Crippen LogP contribution in [0.3, 0.4) is 0 Å². The first-order chi connectivity index (χ1) is 15.5. The molecule has 170 valence electrons. The second-order valence-corrected chi connectivity index (χ2v) is 8.04. The highest BCUT2D eigenvalue weighted by atomic mass is 16.5. The number of nitrogens with one attached hydrogen (secondary N) is 2. The number of fused-ring (bicyclic) bond motifs is 2. The number of aromatic nitrogens is 3. The minimum atomic E-state index is -0.389. The zero-order chi connectivity index (χ0) is 22.7. The van der Waals surface area contributed by atoms with Crippen molar-refractivity contribution < 1.29 is 14.3 Å². The summed E-state index contributed by atoms with van der Waals surface area (Å²) in [6.45, 7) is 6.45. The molecule has 0 radical (unpaired) electrons. The fourth-order valence-electron chi connectivity index (χ4n) is 4.01. The van der Waals surface area contributed by atoms with E-state index < -0.39 is 0 Å². The van der Waals surface area contributed by atoms with Gasteiger partial charge in [0.05, 0.1) is 17.1 Å². The van der Waals surface area contributed by atoms with Gasteiger partial charge in [-0.1, -0.05) is 6.07 Å². The van der Waals surface area contributed by atoms with Crippen molar-refractivity contribution in [1.82, 2.24) is 19.3 Å². The van der Waals surface area contributed by atoms with Crippen LogP contribution in [0.5, 0.6) is 0 Å². The highest BCUT2D eigenvalue weighted by Crippen LogP contribution is 2.13. The van der Waals surface area contributed by atoms with E-state index in [-0.39, 0.29) is 28.6 Å². The van der Waals surface area contributed by atoms with Gasteiger partial charge in [0.1, 0.15) is 16.8 Å². The number of rotatable bonds is 8. The van der Waals surface area contributed by atoms with E-state index in [0.717, 1.165) is 18.4 Å². The second kappa shape index (κ2) is 9.62. The largest absolute Gasteiger partial charge is 0.382 e. The van der Waals surface area contributed by atoms with Crippen LogP contribution in [0.4, 0.5) is 0 Å². The van der Waals surface area contributed by atoms with Crippen LogP contribution in [0.1, 0.15) is 42.1 Å². The maximum atomic E-state index is 13.3. The smallest absolute Gasteiger partial charge is 0.267 e. The summed E-state index contributed by atoms with van der Waals surface area (Å²) in [6.07, 6.45) is 4.24. The third-order valence-electron chi connectivity index (χ3n) is 5.69. The van der Waals surface area contributed by atoms with Gasteiger partial charge in [0.15, 0.2) is 0 Å². The van der Waals surface area contributed by atoms with Crippen LogP contribution in [0.15, 0.2) is 29.2 Å². The number of aryl methyl sites for hydroxylation is 2. The summed E-state index contributed by atoms with van der Waals surface area (Å²) in [4.78, 5) is 30.9. The van der Waals surface area contributed by atoms with Crippen molar-refractivity contribution in [1.29, 1.82) is 5.41 Å². The average Bonchev–Trinajstić information content (AvgIpc) is 3.30. The average molecular weight is 440 g/mol. The second-order valence-electron chi connectivity index (χ2n) is 8.04. The molecule has 9 nitrogen and oxygen atoms in total. The minimum absolute atomic E-state index is 0.00823. The van der Waals surface area contributed by atoms with Gasteiger partial charge in [-0.05, 0) is 50.8 Å². The van der Waals surface area contributed by atoms with E-state index in [1.807, 2.05) is 19.9 Å². The van der Waals surface area contributed by atoms with Gasteiger partial charge in [0.2, 0.25) is 0 Å². The standard InChI is InChI=1S/C23H29N5O4/c1-3-31-10-5-9-27-20(24)17(22(29)25-13-16-6-4-11-32-16)12-18-21(27)26-19-8-7-15(2)14-28(19)23(18)30/h7-8,12,14,16,24H,3-6,9-11,13H2,1-2H3,(H,25,29)/t16-/m0/s1. The molecule has 1 saturated heterocycles. The number of ether oxygens (including phenoxy) is 2. The molecule has 0 saturated carbocycles. The molecule has 4 rings (SSSR count). The van der Waals surface area contributed by atoms with Crippen molar-refractivity contribution in [2.75, 3.05) is 26.4 Å². The van der Waals surface area contributed by atoms with Gasteiger partial charge in [0.25, 0.3) is 11.5 Å². The van der Waals surface area contributed by atoms with Crippen LogP contribution in [-0.4, -0.2) is 52.3 Å². The minimum Gasteiger partial charge on any atom is -0.382 e. The van der Waals surface area contributed by atoms with Crippen LogP contribution < -0.4 is 16.4 Å². The molecule has 0 aliphatic carbocycles. The summed E-state index contributed by atoms with van der Waals surface area (Å²) in [7, 11) is 0. The Hall–Kier alpha value is -3.04. The van der Waals surface area contributed by atoms with E-state index in [0.29, 0.717) is 56.0 Å². The summed E-state index contributed by atoms with van der Waals surface area (Å²) in [5.74, 6) is -0.389. The molecule has 1 atom stereocenters. The Balaban J connectivity index is 1.80. The molecule has 0 bridgehead atoms. The molecule has 1 aliphatic rings. The van der Waals surface area contributed by atoms with Gasteiger partial charge in [-0.15, -0.1) is 0 Å². The zero-order valence-electron chi connectivity index (χ0n) is 18.5. The van der Waals surface area contributed by atoms with E-state index in [1.54, 1.807) is 16.8 Å². The number of carbonyl (C=O) groups excluding carboxylic acids is 1.